The number of likely N-dealkylation sites (tertiary alicyclic amines) is 1. The van der Waals surface area contributed by atoms with E-state index in [2.05, 4.69) is 5.32 Å². The van der Waals surface area contributed by atoms with Gasteiger partial charge in [0.1, 0.15) is 6.04 Å². The quantitative estimate of drug-likeness (QED) is 0.385. The van der Waals surface area contributed by atoms with Gasteiger partial charge in [0, 0.05) is 32.0 Å². The number of imide groups is 1. The van der Waals surface area contributed by atoms with Crippen molar-refractivity contribution >= 4 is 23.6 Å². The van der Waals surface area contributed by atoms with Crippen LogP contribution in [0.5, 0.6) is 0 Å². The molecule has 4 rings (SSSR count). The van der Waals surface area contributed by atoms with E-state index in [0.717, 1.165) is 16.7 Å². The monoisotopic (exact) mass is 515 g/mol. The number of benzene rings is 2. The Labute approximate surface area is 224 Å². The molecule has 1 unspecified atom stereocenters. The molecule has 3 atom stereocenters. The second kappa shape index (κ2) is 12.2. The highest BCUT2D eigenvalue weighted by Gasteiger charge is 2.47. The SMILES string of the molecule is Cc1ccccc1CN(C(=O)CCN1C(=O)[C@H]2CC=CC[C@H]2C1=O)C(Cc1ccccc1)C(=O)NC(C)C. The van der Waals surface area contributed by atoms with Gasteiger partial charge >= 0.3 is 0 Å². The Hall–Kier alpha value is -3.74. The van der Waals surface area contributed by atoms with Crippen molar-refractivity contribution in [3.8, 4) is 0 Å². The summed E-state index contributed by atoms with van der Waals surface area (Å²) in [6.07, 6.45) is 5.35. The van der Waals surface area contributed by atoms with Crippen LogP contribution in [0.15, 0.2) is 66.7 Å². The molecular weight excluding hydrogens is 478 g/mol. The average molecular weight is 516 g/mol. The fraction of sp³-hybridized carbons (Fsp3) is 0.419. The minimum Gasteiger partial charge on any atom is -0.352 e. The summed E-state index contributed by atoms with van der Waals surface area (Å²) in [6.45, 7) is 6.05. The number of nitrogens with one attached hydrogen (secondary N) is 1. The molecule has 0 radical (unpaired) electrons. The minimum absolute atomic E-state index is 0.0254. The second-order valence-electron chi connectivity index (χ2n) is 10.6. The Bertz CT molecular complexity index is 1180. The lowest BCUT2D eigenvalue weighted by atomic mass is 9.85. The zero-order valence-electron chi connectivity index (χ0n) is 22.4. The van der Waals surface area contributed by atoms with E-state index in [0.29, 0.717) is 19.3 Å². The summed E-state index contributed by atoms with van der Waals surface area (Å²) >= 11 is 0. The summed E-state index contributed by atoms with van der Waals surface area (Å²) in [4.78, 5) is 56.1. The number of allylic oxidation sites excluding steroid dienone is 2. The van der Waals surface area contributed by atoms with E-state index in [-0.39, 0.29) is 61.0 Å². The van der Waals surface area contributed by atoms with Gasteiger partial charge in [-0.2, -0.15) is 0 Å². The third-order valence-electron chi connectivity index (χ3n) is 7.45. The molecule has 1 heterocycles. The summed E-state index contributed by atoms with van der Waals surface area (Å²) in [5.74, 6) is -1.53. The maximum Gasteiger partial charge on any atom is 0.243 e. The van der Waals surface area contributed by atoms with Crippen LogP contribution in [0.25, 0.3) is 0 Å². The summed E-state index contributed by atoms with van der Waals surface area (Å²) in [6, 6.07) is 16.6. The van der Waals surface area contributed by atoms with Crippen LogP contribution in [-0.4, -0.2) is 52.1 Å². The molecule has 1 N–H and O–H groups in total. The fourth-order valence-corrected chi connectivity index (χ4v) is 5.35. The third-order valence-corrected chi connectivity index (χ3v) is 7.45. The van der Waals surface area contributed by atoms with Gasteiger partial charge in [-0.15, -0.1) is 0 Å². The standard InChI is InChI=1S/C31H37N3O4/c1-21(2)32-29(36)27(19-23-12-5-4-6-13-23)34(20-24-14-8-7-11-22(24)3)28(35)17-18-33-30(37)25-15-9-10-16-26(25)31(33)38/h4-14,21,25-27H,15-20H2,1-3H3,(H,32,36)/t25-,26+,27?. The van der Waals surface area contributed by atoms with Crippen LogP contribution >= 0.6 is 0 Å². The maximum absolute atomic E-state index is 13.8. The van der Waals surface area contributed by atoms with Gasteiger partial charge in [-0.25, -0.2) is 0 Å². The molecule has 0 aromatic heterocycles. The number of fused-ring (bicyclic) bond motifs is 1. The molecule has 0 bridgehead atoms. The number of amides is 4. The van der Waals surface area contributed by atoms with E-state index in [9.17, 15) is 19.2 Å². The van der Waals surface area contributed by atoms with Crippen LogP contribution in [0.2, 0.25) is 0 Å². The zero-order valence-corrected chi connectivity index (χ0v) is 22.4. The van der Waals surface area contributed by atoms with Crippen molar-refractivity contribution in [1.29, 1.82) is 0 Å². The Morgan fingerprint density at radius 2 is 1.55 bits per heavy atom. The molecule has 0 saturated carbocycles. The first-order chi connectivity index (χ1) is 18.3. The van der Waals surface area contributed by atoms with Crippen molar-refractivity contribution in [2.24, 2.45) is 11.8 Å². The minimum atomic E-state index is -0.747. The van der Waals surface area contributed by atoms with E-state index in [1.54, 1.807) is 4.90 Å². The van der Waals surface area contributed by atoms with Crippen molar-refractivity contribution in [2.45, 2.75) is 65.1 Å². The lowest BCUT2D eigenvalue weighted by molar-refractivity contribution is -0.144. The normalized spacial score (nSPS) is 19.4. The molecule has 2 aliphatic rings. The van der Waals surface area contributed by atoms with Crippen molar-refractivity contribution in [1.82, 2.24) is 15.1 Å². The highest BCUT2D eigenvalue weighted by Crippen LogP contribution is 2.35. The highest BCUT2D eigenvalue weighted by molar-refractivity contribution is 6.05. The number of carbonyl (C=O) groups is 4. The molecular formula is C31H37N3O4. The molecule has 4 amide bonds. The first kappa shape index (κ1) is 27.3. The number of aryl methyl sites for hydroxylation is 1. The van der Waals surface area contributed by atoms with Crippen molar-refractivity contribution in [3.05, 3.63) is 83.4 Å². The Balaban J connectivity index is 1.59. The summed E-state index contributed by atoms with van der Waals surface area (Å²) < 4.78 is 0. The Morgan fingerprint density at radius 3 is 2.16 bits per heavy atom. The van der Waals surface area contributed by atoms with Gasteiger partial charge in [-0.3, -0.25) is 24.1 Å². The molecule has 2 aromatic rings. The smallest absolute Gasteiger partial charge is 0.243 e. The molecule has 7 heteroatoms. The van der Waals surface area contributed by atoms with E-state index < -0.39 is 6.04 Å². The van der Waals surface area contributed by atoms with Crippen LogP contribution in [-0.2, 0) is 32.1 Å². The van der Waals surface area contributed by atoms with Gasteiger partial charge in [0.15, 0.2) is 0 Å². The lowest BCUT2D eigenvalue weighted by Crippen LogP contribution is -2.52. The molecule has 7 nitrogen and oxygen atoms in total. The summed E-state index contributed by atoms with van der Waals surface area (Å²) in [5.41, 5.74) is 2.91. The number of rotatable bonds is 10. The number of hydrogen-bond donors (Lipinski definition) is 1. The van der Waals surface area contributed by atoms with Crippen LogP contribution in [0.3, 0.4) is 0 Å². The van der Waals surface area contributed by atoms with E-state index >= 15 is 0 Å². The topological polar surface area (TPSA) is 86.8 Å². The van der Waals surface area contributed by atoms with Gasteiger partial charge in [-0.1, -0.05) is 66.7 Å². The predicted octanol–water partition coefficient (Wildman–Crippen LogP) is 3.80. The van der Waals surface area contributed by atoms with Crippen LogP contribution in [0.4, 0.5) is 0 Å². The fourth-order valence-electron chi connectivity index (χ4n) is 5.35. The predicted molar refractivity (Wildman–Crippen MR) is 146 cm³/mol. The van der Waals surface area contributed by atoms with Crippen LogP contribution in [0.1, 0.15) is 49.8 Å². The molecule has 1 fully saturated rings. The molecule has 0 spiro atoms. The maximum atomic E-state index is 13.8. The molecule has 200 valence electrons. The summed E-state index contributed by atoms with van der Waals surface area (Å²) in [7, 11) is 0. The van der Waals surface area contributed by atoms with Crippen molar-refractivity contribution < 1.29 is 19.2 Å². The molecule has 38 heavy (non-hydrogen) atoms. The second-order valence-corrected chi connectivity index (χ2v) is 10.6. The molecule has 1 aliphatic heterocycles. The lowest BCUT2D eigenvalue weighted by Gasteiger charge is -2.33. The van der Waals surface area contributed by atoms with Crippen molar-refractivity contribution in [3.63, 3.8) is 0 Å². The molecule has 2 aromatic carbocycles. The molecule has 1 saturated heterocycles. The first-order valence-electron chi connectivity index (χ1n) is 13.4. The van der Waals surface area contributed by atoms with Gasteiger partial charge in [0.05, 0.1) is 11.8 Å². The first-order valence-corrected chi connectivity index (χ1v) is 13.4. The number of carbonyl (C=O) groups excluding carboxylic acids is 4. The number of nitrogens with zero attached hydrogens (tertiary/aromatic N) is 2. The summed E-state index contributed by atoms with van der Waals surface area (Å²) in [5, 5.41) is 2.99. The van der Waals surface area contributed by atoms with Gasteiger partial charge in [0.2, 0.25) is 23.6 Å². The van der Waals surface area contributed by atoms with E-state index in [1.807, 2.05) is 87.5 Å². The van der Waals surface area contributed by atoms with Crippen LogP contribution < -0.4 is 5.32 Å². The largest absolute Gasteiger partial charge is 0.352 e. The van der Waals surface area contributed by atoms with Gasteiger partial charge in [-0.05, 0) is 50.3 Å². The van der Waals surface area contributed by atoms with Crippen LogP contribution in [0, 0.1) is 18.8 Å². The zero-order chi connectivity index (χ0) is 27.2. The molecule has 1 aliphatic carbocycles. The van der Waals surface area contributed by atoms with Gasteiger partial charge in [0.25, 0.3) is 0 Å². The van der Waals surface area contributed by atoms with Gasteiger partial charge < -0.3 is 10.2 Å². The number of hydrogen-bond acceptors (Lipinski definition) is 4. The Kier molecular flexibility index (Phi) is 8.77. The third kappa shape index (κ3) is 6.21. The van der Waals surface area contributed by atoms with E-state index in [1.165, 1.54) is 4.90 Å². The van der Waals surface area contributed by atoms with E-state index in [4.69, 9.17) is 0 Å². The highest BCUT2D eigenvalue weighted by atomic mass is 16.2. The van der Waals surface area contributed by atoms with Crippen molar-refractivity contribution in [2.75, 3.05) is 6.54 Å². The Morgan fingerprint density at radius 1 is 0.947 bits per heavy atom. The average Bonchev–Trinajstić information content (AvgIpc) is 3.15.